The zero-order chi connectivity index (χ0) is 22.2. The molecule has 0 aliphatic rings. The fourth-order valence-corrected chi connectivity index (χ4v) is 3.63. The summed E-state index contributed by atoms with van der Waals surface area (Å²) in [6.07, 6.45) is 19.7. The lowest BCUT2D eigenvalue weighted by atomic mass is 10.1. The maximum Gasteiger partial charge on any atom is 0.338 e. The maximum atomic E-state index is 12.2. The van der Waals surface area contributed by atoms with Crippen LogP contribution in [0.4, 0.5) is 0 Å². The molecule has 0 saturated heterocycles. The molecule has 0 aliphatic heterocycles. The molecule has 2 rings (SSSR count). The summed E-state index contributed by atoms with van der Waals surface area (Å²) < 4.78 is 5.39. The Morgan fingerprint density at radius 3 is 1.90 bits per heavy atom. The van der Waals surface area contributed by atoms with Crippen LogP contribution in [0.2, 0.25) is 0 Å². The van der Waals surface area contributed by atoms with Crippen LogP contribution in [0.25, 0.3) is 11.4 Å². The van der Waals surface area contributed by atoms with Gasteiger partial charge in [0.05, 0.1) is 12.2 Å². The van der Waals surface area contributed by atoms with Crippen molar-refractivity contribution in [3.63, 3.8) is 0 Å². The highest BCUT2D eigenvalue weighted by Gasteiger charge is 2.08. The van der Waals surface area contributed by atoms with E-state index in [0.717, 1.165) is 24.8 Å². The van der Waals surface area contributed by atoms with E-state index in [2.05, 4.69) is 23.8 Å². The summed E-state index contributed by atoms with van der Waals surface area (Å²) in [5.74, 6) is 0.439. The Bertz CT molecular complexity index is 726. The first kappa shape index (κ1) is 25.0. The molecule has 1 aromatic carbocycles. The Balaban J connectivity index is 1.72. The minimum absolute atomic E-state index is 0.254. The lowest BCUT2D eigenvalue weighted by molar-refractivity contribution is 0.0497. The second-order valence-electron chi connectivity index (χ2n) is 8.41. The number of aryl methyl sites for hydroxylation is 1. The molecule has 0 spiro atoms. The van der Waals surface area contributed by atoms with E-state index in [-0.39, 0.29) is 5.97 Å². The number of hydrogen-bond donors (Lipinski definition) is 0. The fourth-order valence-electron chi connectivity index (χ4n) is 3.63. The first-order valence-corrected chi connectivity index (χ1v) is 12.3. The quantitative estimate of drug-likeness (QED) is 0.206. The molecule has 4 heteroatoms. The third kappa shape index (κ3) is 10.1. The first-order valence-electron chi connectivity index (χ1n) is 12.3. The Labute approximate surface area is 188 Å². The largest absolute Gasteiger partial charge is 0.462 e. The van der Waals surface area contributed by atoms with E-state index < -0.39 is 0 Å². The highest BCUT2D eigenvalue weighted by atomic mass is 16.5. The molecule has 0 fully saturated rings. The summed E-state index contributed by atoms with van der Waals surface area (Å²) in [6, 6.07) is 7.38. The molecule has 4 nitrogen and oxygen atoms in total. The van der Waals surface area contributed by atoms with E-state index in [1.807, 2.05) is 24.5 Å². The summed E-state index contributed by atoms with van der Waals surface area (Å²) in [5, 5.41) is 0. The minimum atomic E-state index is -0.254. The van der Waals surface area contributed by atoms with Gasteiger partial charge in [0.25, 0.3) is 0 Å². The molecule has 0 amide bonds. The number of aromatic nitrogens is 2. The number of rotatable bonds is 16. The van der Waals surface area contributed by atoms with Crippen molar-refractivity contribution in [2.24, 2.45) is 0 Å². The van der Waals surface area contributed by atoms with Gasteiger partial charge in [-0.3, -0.25) is 0 Å². The molecule has 0 N–H and O–H groups in total. The Morgan fingerprint density at radius 1 is 0.742 bits per heavy atom. The Hall–Kier alpha value is -2.23. The van der Waals surface area contributed by atoms with Gasteiger partial charge in [0.15, 0.2) is 5.82 Å². The van der Waals surface area contributed by atoms with Crippen LogP contribution in [0.1, 0.15) is 107 Å². The summed E-state index contributed by atoms with van der Waals surface area (Å²) in [7, 11) is 0. The van der Waals surface area contributed by atoms with Gasteiger partial charge in [-0.25, -0.2) is 14.8 Å². The minimum Gasteiger partial charge on any atom is -0.462 e. The lowest BCUT2D eigenvalue weighted by Gasteiger charge is -2.06. The van der Waals surface area contributed by atoms with Crippen molar-refractivity contribution < 1.29 is 9.53 Å². The van der Waals surface area contributed by atoms with Gasteiger partial charge in [-0.05, 0) is 37.0 Å². The number of nitrogens with zero attached hydrogens (tertiary/aromatic N) is 2. The van der Waals surface area contributed by atoms with Crippen LogP contribution in [0.5, 0.6) is 0 Å². The van der Waals surface area contributed by atoms with Crippen molar-refractivity contribution in [3.05, 3.63) is 47.8 Å². The molecule has 1 aromatic heterocycles. The zero-order valence-corrected chi connectivity index (χ0v) is 19.6. The molecular weight excluding hydrogens is 384 g/mol. The van der Waals surface area contributed by atoms with E-state index in [1.54, 1.807) is 12.1 Å². The second kappa shape index (κ2) is 15.6. The van der Waals surface area contributed by atoms with Crippen molar-refractivity contribution in [1.82, 2.24) is 9.97 Å². The topological polar surface area (TPSA) is 52.1 Å². The molecule has 0 saturated carbocycles. The van der Waals surface area contributed by atoms with E-state index >= 15 is 0 Å². The van der Waals surface area contributed by atoms with Crippen molar-refractivity contribution in [2.75, 3.05) is 6.61 Å². The highest BCUT2D eigenvalue weighted by Crippen LogP contribution is 2.17. The maximum absolute atomic E-state index is 12.2. The van der Waals surface area contributed by atoms with Crippen LogP contribution in [-0.2, 0) is 11.2 Å². The third-order valence-corrected chi connectivity index (χ3v) is 5.63. The van der Waals surface area contributed by atoms with E-state index in [4.69, 9.17) is 4.74 Å². The molecule has 0 aliphatic carbocycles. The van der Waals surface area contributed by atoms with Gasteiger partial charge < -0.3 is 4.74 Å². The molecule has 0 unspecified atom stereocenters. The molecule has 0 bridgehead atoms. The van der Waals surface area contributed by atoms with Crippen LogP contribution in [-0.4, -0.2) is 22.5 Å². The zero-order valence-electron chi connectivity index (χ0n) is 19.6. The number of unbranched alkanes of at least 4 members (excludes halogenated alkanes) is 10. The van der Waals surface area contributed by atoms with Crippen LogP contribution in [0.15, 0.2) is 36.7 Å². The molecular formula is C27H40N2O2. The van der Waals surface area contributed by atoms with Crippen molar-refractivity contribution in [2.45, 2.75) is 97.3 Å². The number of esters is 1. The predicted molar refractivity (Wildman–Crippen MR) is 128 cm³/mol. The number of benzene rings is 1. The van der Waals surface area contributed by atoms with Gasteiger partial charge in [-0.2, -0.15) is 0 Å². The first-order chi connectivity index (χ1) is 15.2. The highest BCUT2D eigenvalue weighted by molar-refractivity contribution is 5.89. The standard InChI is InChI=1S/C27H40N2O2/c1-3-5-7-9-11-13-15-23-21-28-26(29-22-23)24-16-18-25(19-17-24)27(30)31-20-14-12-10-8-6-4-2/h16-19,21-22H,3-15,20H2,1-2H3. The predicted octanol–water partition coefficient (Wildman–Crippen LogP) is 7.56. The Morgan fingerprint density at radius 2 is 1.29 bits per heavy atom. The average molecular weight is 425 g/mol. The number of carbonyl (C=O) groups is 1. The molecule has 0 atom stereocenters. The van der Waals surface area contributed by atoms with E-state index in [0.29, 0.717) is 18.0 Å². The monoisotopic (exact) mass is 424 g/mol. The number of carbonyl (C=O) groups excluding carboxylic acids is 1. The van der Waals surface area contributed by atoms with Gasteiger partial charge in [-0.15, -0.1) is 0 Å². The van der Waals surface area contributed by atoms with Crippen molar-refractivity contribution >= 4 is 5.97 Å². The van der Waals surface area contributed by atoms with Gasteiger partial charge in [0, 0.05) is 18.0 Å². The lowest BCUT2D eigenvalue weighted by Crippen LogP contribution is -2.06. The molecule has 1 heterocycles. The van der Waals surface area contributed by atoms with Crippen LogP contribution < -0.4 is 0 Å². The SMILES string of the molecule is CCCCCCCCOC(=O)c1ccc(-c2ncc(CCCCCCCC)cn2)cc1. The van der Waals surface area contributed by atoms with E-state index in [9.17, 15) is 4.79 Å². The number of ether oxygens (including phenoxy) is 1. The summed E-state index contributed by atoms with van der Waals surface area (Å²) in [4.78, 5) is 21.2. The van der Waals surface area contributed by atoms with Gasteiger partial charge in [0.1, 0.15) is 0 Å². The van der Waals surface area contributed by atoms with Crippen LogP contribution >= 0.6 is 0 Å². The molecule has 170 valence electrons. The smallest absolute Gasteiger partial charge is 0.338 e. The summed E-state index contributed by atoms with van der Waals surface area (Å²) in [6.45, 7) is 4.96. The summed E-state index contributed by atoms with van der Waals surface area (Å²) >= 11 is 0. The van der Waals surface area contributed by atoms with Crippen LogP contribution in [0, 0.1) is 0 Å². The average Bonchev–Trinajstić information content (AvgIpc) is 2.81. The van der Waals surface area contributed by atoms with Crippen molar-refractivity contribution in [1.29, 1.82) is 0 Å². The molecule has 0 radical (unpaired) electrons. The van der Waals surface area contributed by atoms with E-state index in [1.165, 1.54) is 69.8 Å². The van der Waals surface area contributed by atoms with Gasteiger partial charge in [0.2, 0.25) is 0 Å². The van der Waals surface area contributed by atoms with Gasteiger partial charge in [-0.1, -0.05) is 90.2 Å². The normalized spacial score (nSPS) is 10.9. The van der Waals surface area contributed by atoms with Crippen molar-refractivity contribution in [3.8, 4) is 11.4 Å². The second-order valence-corrected chi connectivity index (χ2v) is 8.41. The number of hydrogen-bond acceptors (Lipinski definition) is 4. The third-order valence-electron chi connectivity index (χ3n) is 5.63. The molecule has 31 heavy (non-hydrogen) atoms. The Kier molecular flexibility index (Phi) is 12.6. The van der Waals surface area contributed by atoms with Gasteiger partial charge >= 0.3 is 5.97 Å². The fraction of sp³-hybridized carbons (Fsp3) is 0.593. The molecule has 2 aromatic rings. The van der Waals surface area contributed by atoms with Crippen LogP contribution in [0.3, 0.4) is 0 Å². The summed E-state index contributed by atoms with van der Waals surface area (Å²) in [5.41, 5.74) is 2.68.